The van der Waals surface area contributed by atoms with Crippen LogP contribution in [-0.4, -0.2) is 0 Å². The maximum Gasteiger partial charge on any atom is 0.0408 e. The Morgan fingerprint density at radius 1 is 0.579 bits per heavy atom. The molecule has 302 valence electrons. The molecule has 0 bridgehead atoms. The molecular formula is C54H69ClN2. The molecule has 57 heavy (non-hydrogen) atoms. The van der Waals surface area contributed by atoms with E-state index in [1.165, 1.54) is 74.6 Å². The number of benzene rings is 6. The molecule has 6 aromatic carbocycles. The Morgan fingerprint density at radius 3 is 1.61 bits per heavy atom. The third-order valence-electron chi connectivity index (χ3n) is 8.82. The minimum absolute atomic E-state index is 0.828. The van der Waals surface area contributed by atoms with Gasteiger partial charge in [0, 0.05) is 22.1 Å². The lowest BCUT2D eigenvalue weighted by atomic mass is 9.90. The summed E-state index contributed by atoms with van der Waals surface area (Å²) in [5, 5.41) is 6.66. The molecule has 2 nitrogen and oxygen atoms in total. The zero-order chi connectivity index (χ0) is 42.2. The molecule has 3 heteroatoms. The van der Waals surface area contributed by atoms with E-state index in [0.717, 1.165) is 46.6 Å². The van der Waals surface area contributed by atoms with E-state index in [-0.39, 0.29) is 0 Å². The molecule has 0 heterocycles. The summed E-state index contributed by atoms with van der Waals surface area (Å²) < 4.78 is 0. The molecule has 0 aliphatic carbocycles. The zero-order valence-corrected chi connectivity index (χ0v) is 37.4. The monoisotopic (exact) mass is 781 g/mol. The molecule has 6 rings (SSSR count). The van der Waals surface area contributed by atoms with Gasteiger partial charge in [-0.2, -0.15) is 0 Å². The largest absolute Gasteiger partial charge is 0.399 e. The van der Waals surface area contributed by atoms with Gasteiger partial charge in [-0.3, -0.25) is 0 Å². The first-order valence-corrected chi connectivity index (χ1v) is 21.2. The zero-order valence-electron chi connectivity index (χ0n) is 36.6. The van der Waals surface area contributed by atoms with Gasteiger partial charge in [0.1, 0.15) is 0 Å². The maximum absolute atomic E-state index is 5.72. The predicted octanol–water partition coefficient (Wildman–Crippen LogP) is 14.5. The van der Waals surface area contributed by atoms with Crippen LogP contribution < -0.4 is 21.5 Å². The van der Waals surface area contributed by atoms with Gasteiger partial charge in [0.25, 0.3) is 0 Å². The van der Waals surface area contributed by atoms with Crippen molar-refractivity contribution in [2.75, 3.05) is 11.1 Å². The molecule has 0 aromatic heterocycles. The van der Waals surface area contributed by atoms with E-state index >= 15 is 0 Å². The summed E-state index contributed by atoms with van der Waals surface area (Å²) in [6, 6.07) is 46.6. The molecule has 0 radical (unpaired) electrons. The third kappa shape index (κ3) is 17.3. The molecule has 6 aromatic rings. The topological polar surface area (TPSA) is 38.0 Å². The molecule has 0 fully saturated rings. The number of anilines is 3. The van der Waals surface area contributed by atoms with Gasteiger partial charge >= 0.3 is 0 Å². The number of nitrogen functional groups attached to an aromatic ring is 1. The molecule has 0 saturated heterocycles. The molecule has 0 amide bonds. The fraction of sp³-hybridized carbons (Fsp3) is 0.296. The quantitative estimate of drug-likeness (QED) is 0.151. The molecule has 0 saturated carbocycles. The minimum atomic E-state index is 0.828. The normalized spacial score (nSPS) is 10.5. The van der Waals surface area contributed by atoms with Crippen LogP contribution in [0.3, 0.4) is 0 Å². The molecule has 0 atom stereocenters. The highest BCUT2D eigenvalue weighted by Crippen LogP contribution is 2.27. The molecule has 0 aliphatic rings. The Balaban J connectivity index is 0.000000377. The fourth-order valence-electron chi connectivity index (χ4n) is 6.06. The van der Waals surface area contributed by atoms with E-state index in [2.05, 4.69) is 178 Å². The van der Waals surface area contributed by atoms with Crippen LogP contribution in [0.4, 0.5) is 17.1 Å². The van der Waals surface area contributed by atoms with Gasteiger partial charge in [0.2, 0.25) is 0 Å². The van der Waals surface area contributed by atoms with Gasteiger partial charge < -0.3 is 11.1 Å². The Morgan fingerprint density at radius 2 is 1.14 bits per heavy atom. The Hall–Kier alpha value is -5.05. The van der Waals surface area contributed by atoms with Gasteiger partial charge in [-0.1, -0.05) is 176 Å². The number of halogens is 1. The van der Waals surface area contributed by atoms with E-state index in [4.69, 9.17) is 17.3 Å². The summed E-state index contributed by atoms with van der Waals surface area (Å²) in [6.45, 7) is 25.6. The minimum Gasteiger partial charge on any atom is -0.399 e. The van der Waals surface area contributed by atoms with Gasteiger partial charge in [0.15, 0.2) is 0 Å². The van der Waals surface area contributed by atoms with Gasteiger partial charge in [-0.15, -0.1) is 0 Å². The summed E-state index contributed by atoms with van der Waals surface area (Å²) in [5.74, 6) is 0. The summed E-state index contributed by atoms with van der Waals surface area (Å²) in [4.78, 5) is 0. The van der Waals surface area contributed by atoms with Gasteiger partial charge in [0.05, 0.1) is 0 Å². The first-order valence-electron chi connectivity index (χ1n) is 20.9. The first-order chi connectivity index (χ1) is 27.4. The second kappa shape index (κ2) is 26.7. The number of nitrogens with two attached hydrogens (primary N) is 1. The smallest absolute Gasteiger partial charge is 0.0408 e. The van der Waals surface area contributed by atoms with Crippen LogP contribution in [0.15, 0.2) is 133 Å². The highest BCUT2D eigenvalue weighted by molar-refractivity contribution is 6.30. The van der Waals surface area contributed by atoms with E-state index in [0.29, 0.717) is 0 Å². The van der Waals surface area contributed by atoms with Gasteiger partial charge in [-0.25, -0.2) is 0 Å². The van der Waals surface area contributed by atoms with Crippen LogP contribution >= 0.6 is 11.6 Å². The van der Waals surface area contributed by atoms with Crippen molar-refractivity contribution >= 4 is 40.8 Å². The molecule has 0 aliphatic heterocycles. The van der Waals surface area contributed by atoms with Crippen molar-refractivity contribution < 1.29 is 0 Å². The van der Waals surface area contributed by atoms with Crippen LogP contribution in [0.2, 0.25) is 5.02 Å². The number of nitrogens with one attached hydrogen (secondary N) is 1. The van der Waals surface area contributed by atoms with E-state index in [1.807, 2.05) is 36.4 Å². The van der Waals surface area contributed by atoms with Crippen molar-refractivity contribution in [3.63, 3.8) is 0 Å². The summed E-state index contributed by atoms with van der Waals surface area (Å²) in [5.41, 5.74) is 20.1. The predicted molar refractivity (Wildman–Crippen MR) is 257 cm³/mol. The van der Waals surface area contributed by atoms with Crippen molar-refractivity contribution in [1.82, 2.24) is 0 Å². The Labute approximate surface area is 351 Å². The number of hydrogen-bond acceptors (Lipinski definition) is 2. The van der Waals surface area contributed by atoms with E-state index < -0.39 is 0 Å². The van der Waals surface area contributed by atoms with Crippen LogP contribution in [0.25, 0.3) is 12.2 Å². The van der Waals surface area contributed by atoms with Crippen molar-refractivity contribution in [3.8, 4) is 0 Å². The van der Waals surface area contributed by atoms with Crippen molar-refractivity contribution in [1.29, 1.82) is 0 Å². The average Bonchev–Trinajstić information content (AvgIpc) is 3.19. The summed E-state index contributed by atoms with van der Waals surface area (Å²) >= 11 is 5.72. The summed E-state index contributed by atoms with van der Waals surface area (Å²) in [6.07, 6.45) is 6.91. The van der Waals surface area contributed by atoms with Crippen LogP contribution in [0, 0.1) is 20.8 Å². The van der Waals surface area contributed by atoms with Gasteiger partial charge in [-0.05, 0) is 144 Å². The van der Waals surface area contributed by atoms with E-state index in [9.17, 15) is 0 Å². The highest BCUT2D eigenvalue weighted by atomic mass is 35.5. The lowest BCUT2D eigenvalue weighted by Gasteiger charge is -2.15. The first kappa shape index (κ1) is 48.1. The highest BCUT2D eigenvalue weighted by Gasteiger charge is 2.11. The second-order valence-corrected chi connectivity index (χ2v) is 14.9. The lowest BCUT2D eigenvalue weighted by molar-refractivity contribution is 0.922. The Kier molecular flexibility index (Phi) is 22.6. The maximum atomic E-state index is 5.72. The van der Waals surface area contributed by atoms with Crippen molar-refractivity contribution in [2.45, 2.75) is 108 Å². The lowest BCUT2D eigenvalue weighted by Crippen LogP contribution is -2.16. The number of aryl methyl sites for hydroxylation is 6. The SMILES string of the molecule is C=c1cc/c(=C(/c2ccc(Nc3ccc(CCC)cc3)cc2)c2ccc(C)cc2C)c(C)c1.CCC.CCC.CCc1cccc(Cl)c1.CCc1cccc(N)c1. The average molecular weight is 782 g/mol. The summed E-state index contributed by atoms with van der Waals surface area (Å²) in [7, 11) is 0. The third-order valence-corrected chi connectivity index (χ3v) is 9.06. The van der Waals surface area contributed by atoms with Crippen LogP contribution in [0.1, 0.15) is 112 Å². The molecule has 3 N–H and O–H groups in total. The number of hydrogen-bond donors (Lipinski definition) is 2. The molecule has 0 spiro atoms. The van der Waals surface area contributed by atoms with Crippen molar-refractivity contribution in [2.24, 2.45) is 0 Å². The fourth-order valence-corrected chi connectivity index (χ4v) is 6.27. The number of rotatable bonds is 8. The molecular weight excluding hydrogens is 712 g/mol. The second-order valence-electron chi connectivity index (χ2n) is 14.5. The standard InChI is InChI=1S/C32H33N.C8H9Cl.C8H11N.2C3H8/c1-6-7-26-10-14-28(15-11-26)33-29-16-12-27(13-17-29)32(30-18-8-22(2)20-24(30)4)31-19-9-23(3)21-25(31)5;2*1-2-7-4-3-5-8(9)6-7;2*1-3-2/h8-21,33H,2,6-7H2,1,3-5H3;3-6H,2H2,1H3;3-6H,2,9H2,1H3;2*3H2,1-2H3/b32-30+;;;;. The Bertz CT molecular complexity index is 2100. The van der Waals surface area contributed by atoms with E-state index in [1.54, 1.807) is 0 Å². The van der Waals surface area contributed by atoms with Crippen LogP contribution in [-0.2, 0) is 19.3 Å². The molecule has 0 unspecified atom stereocenters. The van der Waals surface area contributed by atoms with Crippen molar-refractivity contribution in [3.05, 3.63) is 193 Å². The van der Waals surface area contributed by atoms with Crippen LogP contribution in [0.5, 0.6) is 0 Å².